The minimum absolute atomic E-state index is 0.145. The smallest absolute Gasteiger partial charge is 0.168 e. The number of methoxy groups -OCH3 is 1. The van der Waals surface area contributed by atoms with Crippen molar-refractivity contribution in [1.82, 2.24) is 14.5 Å². The minimum Gasteiger partial charge on any atom is -0.497 e. The molecule has 0 N–H and O–H groups in total. The van der Waals surface area contributed by atoms with Crippen LogP contribution in [0.1, 0.15) is 27.4 Å². The lowest BCUT2D eigenvalue weighted by atomic mass is 10.0. The number of aryl methyl sites for hydroxylation is 1. The van der Waals surface area contributed by atoms with Crippen LogP contribution < -0.4 is 4.74 Å². The van der Waals surface area contributed by atoms with Crippen LogP contribution >= 0.6 is 0 Å². The van der Waals surface area contributed by atoms with Gasteiger partial charge in [-0.15, -0.1) is 0 Å². The number of hydrogen-bond donors (Lipinski definition) is 0. The molecule has 0 spiro atoms. The summed E-state index contributed by atoms with van der Waals surface area (Å²) < 4.78 is 39.2. The number of ketones is 1. The van der Waals surface area contributed by atoms with Gasteiger partial charge >= 0.3 is 0 Å². The van der Waals surface area contributed by atoms with E-state index < -0.39 is 17.9 Å². The lowest BCUT2D eigenvalue weighted by molar-refractivity contribution is 0.0992. The van der Waals surface area contributed by atoms with Gasteiger partial charge in [0.15, 0.2) is 5.78 Å². The molecule has 2 heterocycles. The summed E-state index contributed by atoms with van der Waals surface area (Å²) in [4.78, 5) is 21.6. The fourth-order valence-electron chi connectivity index (χ4n) is 3.01. The van der Waals surface area contributed by atoms with Gasteiger partial charge in [0.25, 0.3) is 0 Å². The molecule has 2 aromatic heterocycles. The fourth-order valence-corrected chi connectivity index (χ4v) is 3.01. The normalized spacial score (nSPS) is 13.0. The quantitative estimate of drug-likeness (QED) is 0.486. The SMILES string of the molecule is [2H]c1c([2H])c(C(=O)Cc2cc3cc(-c4cnc(C)n4C)ccc3cn2)c([2H])c([2H])c1OC. The molecule has 4 aromatic rings. The zero-order chi connectivity index (χ0) is 23.2. The third-order valence-corrected chi connectivity index (χ3v) is 4.72. The molecule has 0 aliphatic carbocycles. The number of ether oxygens (including phenoxy) is 1. The molecule has 0 aliphatic heterocycles. The van der Waals surface area contributed by atoms with E-state index in [4.69, 9.17) is 10.2 Å². The largest absolute Gasteiger partial charge is 0.497 e. The second-order valence-corrected chi connectivity index (χ2v) is 6.50. The van der Waals surface area contributed by atoms with Crippen molar-refractivity contribution in [3.63, 3.8) is 0 Å². The van der Waals surface area contributed by atoms with Crippen molar-refractivity contribution < 1.29 is 15.0 Å². The van der Waals surface area contributed by atoms with E-state index in [2.05, 4.69) is 9.97 Å². The second kappa shape index (κ2) is 7.27. The van der Waals surface area contributed by atoms with E-state index in [0.29, 0.717) is 5.69 Å². The molecule has 0 bridgehead atoms. The van der Waals surface area contributed by atoms with Gasteiger partial charge in [0.1, 0.15) is 11.6 Å². The van der Waals surface area contributed by atoms with E-state index in [1.165, 1.54) is 7.11 Å². The van der Waals surface area contributed by atoms with Crippen LogP contribution in [0.25, 0.3) is 22.0 Å². The summed E-state index contributed by atoms with van der Waals surface area (Å²) in [5.41, 5.74) is 2.18. The van der Waals surface area contributed by atoms with Gasteiger partial charge in [-0.1, -0.05) is 12.1 Å². The molecule has 28 heavy (non-hydrogen) atoms. The molecule has 0 atom stereocenters. The Morgan fingerprint density at radius 2 is 1.89 bits per heavy atom. The van der Waals surface area contributed by atoms with Gasteiger partial charge in [0, 0.05) is 35.5 Å². The Bertz CT molecular complexity index is 1350. The first-order valence-electron chi connectivity index (χ1n) is 10.8. The van der Waals surface area contributed by atoms with Crippen LogP contribution in [-0.4, -0.2) is 27.4 Å². The van der Waals surface area contributed by atoms with E-state index >= 15 is 0 Å². The maximum atomic E-state index is 12.9. The maximum Gasteiger partial charge on any atom is 0.168 e. The molecular formula is C23H21N3O2. The highest BCUT2D eigenvalue weighted by molar-refractivity contribution is 5.98. The van der Waals surface area contributed by atoms with E-state index in [1.54, 1.807) is 12.3 Å². The second-order valence-electron chi connectivity index (χ2n) is 6.50. The molecule has 0 saturated carbocycles. The first kappa shape index (κ1) is 13.7. The number of carbonyl (C=O) groups is 1. The molecule has 140 valence electrons. The number of fused-ring (bicyclic) bond motifs is 1. The molecule has 5 nitrogen and oxygen atoms in total. The summed E-state index contributed by atoms with van der Waals surface area (Å²) in [6.45, 7) is 1.93. The van der Waals surface area contributed by atoms with Gasteiger partial charge in [0.2, 0.25) is 0 Å². The first-order chi connectivity index (χ1) is 15.2. The fraction of sp³-hybridized carbons (Fsp3) is 0.174. The number of imidazole rings is 1. The number of pyridine rings is 1. The van der Waals surface area contributed by atoms with E-state index in [1.807, 2.05) is 42.9 Å². The zero-order valence-electron chi connectivity index (χ0n) is 19.8. The van der Waals surface area contributed by atoms with Crippen molar-refractivity contribution in [1.29, 1.82) is 0 Å². The van der Waals surface area contributed by atoms with Crippen LogP contribution in [0.3, 0.4) is 0 Å². The highest BCUT2D eigenvalue weighted by atomic mass is 16.5. The molecule has 0 fully saturated rings. The molecular weight excluding hydrogens is 350 g/mol. The van der Waals surface area contributed by atoms with Gasteiger partial charge < -0.3 is 9.30 Å². The van der Waals surface area contributed by atoms with E-state index in [0.717, 1.165) is 27.9 Å². The Hall–Kier alpha value is -3.47. The minimum atomic E-state index is -0.532. The van der Waals surface area contributed by atoms with E-state index in [-0.39, 0.29) is 29.8 Å². The van der Waals surface area contributed by atoms with Crippen molar-refractivity contribution in [2.45, 2.75) is 13.3 Å². The van der Waals surface area contributed by atoms with Crippen LogP contribution in [0.2, 0.25) is 0 Å². The van der Waals surface area contributed by atoms with Crippen LogP contribution in [0.5, 0.6) is 5.75 Å². The summed E-state index contributed by atoms with van der Waals surface area (Å²) >= 11 is 0. The van der Waals surface area contributed by atoms with Crippen LogP contribution in [-0.2, 0) is 13.5 Å². The van der Waals surface area contributed by atoms with E-state index in [9.17, 15) is 4.79 Å². The van der Waals surface area contributed by atoms with Gasteiger partial charge in [0.05, 0.1) is 30.9 Å². The van der Waals surface area contributed by atoms with Crippen molar-refractivity contribution in [3.8, 4) is 17.0 Å². The summed E-state index contributed by atoms with van der Waals surface area (Å²) in [6, 6.07) is 6.18. The number of nitrogens with zero attached hydrogens (tertiary/aromatic N) is 3. The Morgan fingerprint density at radius 1 is 1.11 bits per heavy atom. The van der Waals surface area contributed by atoms with Gasteiger partial charge in [-0.25, -0.2) is 4.98 Å². The Morgan fingerprint density at radius 3 is 2.57 bits per heavy atom. The summed E-state index contributed by atoms with van der Waals surface area (Å²) in [5.74, 6) is 0.189. The highest BCUT2D eigenvalue weighted by Crippen LogP contribution is 2.25. The number of hydrogen-bond acceptors (Lipinski definition) is 4. The Labute approximate surface area is 169 Å². The van der Waals surface area contributed by atoms with Crippen LogP contribution in [0.15, 0.2) is 60.8 Å². The number of rotatable bonds is 5. The molecule has 0 radical (unpaired) electrons. The van der Waals surface area contributed by atoms with Gasteiger partial charge in [-0.3, -0.25) is 9.78 Å². The lowest BCUT2D eigenvalue weighted by Crippen LogP contribution is -2.05. The number of aromatic nitrogens is 3. The third kappa shape index (κ3) is 3.39. The molecule has 4 rings (SSSR count). The van der Waals surface area contributed by atoms with Crippen molar-refractivity contribution >= 4 is 16.6 Å². The zero-order valence-corrected chi connectivity index (χ0v) is 15.8. The van der Waals surface area contributed by atoms with Crippen molar-refractivity contribution in [2.24, 2.45) is 7.05 Å². The highest BCUT2D eigenvalue weighted by Gasteiger charge is 2.11. The molecule has 5 heteroatoms. The van der Waals surface area contributed by atoms with Gasteiger partial charge in [-0.2, -0.15) is 0 Å². The van der Waals surface area contributed by atoms with Crippen LogP contribution in [0, 0.1) is 6.92 Å². The monoisotopic (exact) mass is 375 g/mol. The van der Waals surface area contributed by atoms with Crippen molar-refractivity contribution in [2.75, 3.05) is 7.11 Å². The Balaban J connectivity index is 1.71. The molecule has 0 amide bonds. The molecule has 0 aliphatic rings. The average molecular weight is 375 g/mol. The summed E-state index contributed by atoms with van der Waals surface area (Å²) in [5, 5.41) is 1.81. The standard InChI is InChI=1S/C23H21N3O2/c1-15-24-14-22(26(15)2)17-4-5-18-13-25-20(11-19(18)10-17)12-23(27)16-6-8-21(28-3)9-7-16/h4-11,13-14H,12H2,1-3H3/i6D,7D,8D,9D. The van der Waals surface area contributed by atoms with Crippen molar-refractivity contribution in [3.05, 3.63) is 77.9 Å². The maximum absolute atomic E-state index is 12.9. The average Bonchev–Trinajstić information content (AvgIpc) is 3.11. The lowest BCUT2D eigenvalue weighted by Gasteiger charge is -2.07. The first-order valence-corrected chi connectivity index (χ1v) is 8.77. The topological polar surface area (TPSA) is 57.0 Å². The molecule has 0 unspecified atom stereocenters. The van der Waals surface area contributed by atoms with Gasteiger partial charge in [-0.05, 0) is 48.6 Å². The third-order valence-electron chi connectivity index (χ3n) is 4.72. The number of benzene rings is 2. The predicted molar refractivity (Wildman–Crippen MR) is 110 cm³/mol. The Kier molecular flexibility index (Phi) is 3.55. The number of Topliss-reactive ketones (excluding diaryl/α,β-unsaturated/α-hetero) is 1. The molecule has 2 aromatic carbocycles. The van der Waals surface area contributed by atoms with Crippen LogP contribution in [0.4, 0.5) is 0 Å². The summed E-state index contributed by atoms with van der Waals surface area (Å²) in [6.07, 6.45) is 3.35. The molecule has 0 saturated heterocycles. The summed E-state index contributed by atoms with van der Waals surface area (Å²) in [7, 11) is 3.22. The number of carbonyl (C=O) groups excluding carboxylic acids is 1. The predicted octanol–water partition coefficient (Wildman–Crippen LogP) is 4.38.